The summed E-state index contributed by atoms with van der Waals surface area (Å²) < 4.78 is 0. The predicted octanol–water partition coefficient (Wildman–Crippen LogP) is 5.48. The Balaban J connectivity index is 1.55. The Bertz CT molecular complexity index is 1190. The van der Waals surface area contributed by atoms with Crippen molar-refractivity contribution >= 4 is 39.8 Å². The molecule has 0 aliphatic rings. The van der Waals surface area contributed by atoms with E-state index < -0.39 is 0 Å². The first-order valence-corrected chi connectivity index (χ1v) is 11.0. The zero-order chi connectivity index (χ0) is 21.8. The fraction of sp³-hybridized carbons (Fsp3) is 0.160. The van der Waals surface area contributed by atoms with Gasteiger partial charge in [0, 0.05) is 41.8 Å². The van der Waals surface area contributed by atoms with E-state index in [0.29, 0.717) is 0 Å². The molecule has 0 unspecified atom stereocenters. The molecule has 1 N–H and O–H groups in total. The van der Waals surface area contributed by atoms with Gasteiger partial charge in [-0.15, -0.1) is 10.2 Å². The van der Waals surface area contributed by atoms with Crippen LogP contribution in [0.15, 0.2) is 83.9 Å². The largest absolute Gasteiger partial charge is 0.378 e. The van der Waals surface area contributed by atoms with E-state index in [0.717, 1.165) is 38.4 Å². The van der Waals surface area contributed by atoms with Gasteiger partial charge in [-0.25, -0.2) is 0 Å². The molecule has 0 aliphatic carbocycles. The van der Waals surface area contributed by atoms with Crippen LogP contribution >= 0.6 is 11.8 Å². The molecule has 31 heavy (non-hydrogen) atoms. The molecule has 1 aromatic heterocycles. The normalized spacial score (nSPS) is 11.8. The van der Waals surface area contributed by atoms with Crippen molar-refractivity contribution < 1.29 is 4.79 Å². The van der Waals surface area contributed by atoms with Crippen LogP contribution in [-0.2, 0) is 4.79 Å². The molecule has 0 saturated heterocycles. The summed E-state index contributed by atoms with van der Waals surface area (Å²) in [6, 6.07) is 25.9. The minimum absolute atomic E-state index is 0.0689. The summed E-state index contributed by atoms with van der Waals surface area (Å²) in [7, 11) is 3.97. The molecule has 0 saturated carbocycles. The molecule has 0 aliphatic heterocycles. The molecule has 1 heterocycles. The maximum atomic E-state index is 12.8. The highest BCUT2D eigenvalue weighted by Gasteiger charge is 2.19. The highest BCUT2D eigenvalue weighted by molar-refractivity contribution is 8.00. The van der Waals surface area contributed by atoms with Gasteiger partial charge in [-0.3, -0.25) is 4.79 Å². The first-order chi connectivity index (χ1) is 15.0. The van der Waals surface area contributed by atoms with Gasteiger partial charge in [-0.1, -0.05) is 66.4 Å². The fourth-order valence-electron chi connectivity index (χ4n) is 3.28. The van der Waals surface area contributed by atoms with Gasteiger partial charge in [-0.2, -0.15) is 0 Å². The molecule has 1 amide bonds. The second-order valence-corrected chi connectivity index (χ2v) is 8.79. The van der Waals surface area contributed by atoms with Gasteiger partial charge in [0.1, 0.15) is 10.7 Å². The second kappa shape index (κ2) is 9.18. The summed E-state index contributed by atoms with van der Waals surface area (Å²) >= 11 is 1.42. The predicted molar refractivity (Wildman–Crippen MR) is 130 cm³/mol. The number of aromatic nitrogens is 2. The Morgan fingerprint density at radius 2 is 1.52 bits per heavy atom. The minimum Gasteiger partial charge on any atom is -0.378 e. The monoisotopic (exact) mass is 428 g/mol. The Morgan fingerprint density at radius 3 is 2.19 bits per heavy atom. The number of amides is 1. The summed E-state index contributed by atoms with van der Waals surface area (Å²) in [5.74, 6) is -0.0689. The van der Waals surface area contributed by atoms with Crippen LogP contribution in [0.2, 0.25) is 0 Å². The van der Waals surface area contributed by atoms with E-state index in [4.69, 9.17) is 0 Å². The number of carbonyl (C=O) groups is 1. The lowest BCUT2D eigenvalue weighted by Gasteiger charge is -2.15. The van der Waals surface area contributed by atoms with Crippen LogP contribution in [0.25, 0.3) is 22.0 Å². The summed E-state index contributed by atoms with van der Waals surface area (Å²) in [6.45, 7) is 1.88. The maximum absolute atomic E-state index is 12.8. The van der Waals surface area contributed by atoms with Crippen molar-refractivity contribution in [3.05, 3.63) is 78.9 Å². The number of thioether (sulfide) groups is 1. The highest BCUT2D eigenvalue weighted by Crippen LogP contribution is 2.33. The minimum atomic E-state index is -0.325. The number of anilines is 2. The Morgan fingerprint density at radius 1 is 0.871 bits per heavy atom. The van der Waals surface area contributed by atoms with Crippen molar-refractivity contribution in [2.75, 3.05) is 24.3 Å². The van der Waals surface area contributed by atoms with Gasteiger partial charge in [0.25, 0.3) is 0 Å². The van der Waals surface area contributed by atoms with E-state index >= 15 is 0 Å². The van der Waals surface area contributed by atoms with Gasteiger partial charge in [0.15, 0.2) is 0 Å². The van der Waals surface area contributed by atoms with Gasteiger partial charge >= 0.3 is 0 Å². The summed E-state index contributed by atoms with van der Waals surface area (Å²) in [5, 5.41) is 14.4. The SMILES string of the molecule is C[C@H](Sc1nnc(-c2ccccc2)c2ccccc12)C(=O)Nc1ccc(N(C)C)cc1. The molecule has 0 spiro atoms. The van der Waals surface area contributed by atoms with Crippen LogP contribution in [0.4, 0.5) is 11.4 Å². The van der Waals surface area contributed by atoms with E-state index in [9.17, 15) is 4.79 Å². The van der Waals surface area contributed by atoms with Crippen molar-refractivity contribution in [1.29, 1.82) is 0 Å². The van der Waals surface area contributed by atoms with Crippen molar-refractivity contribution in [1.82, 2.24) is 10.2 Å². The Hall–Kier alpha value is -3.38. The third-order valence-electron chi connectivity index (χ3n) is 5.01. The van der Waals surface area contributed by atoms with Gasteiger partial charge in [0.2, 0.25) is 5.91 Å². The van der Waals surface area contributed by atoms with E-state index in [1.807, 2.05) is 105 Å². The highest BCUT2D eigenvalue weighted by atomic mass is 32.2. The zero-order valence-corrected chi connectivity index (χ0v) is 18.6. The molecule has 5 nitrogen and oxygen atoms in total. The summed E-state index contributed by atoms with van der Waals surface area (Å²) in [4.78, 5) is 14.8. The molecule has 4 rings (SSSR count). The molecule has 1 atom stereocenters. The Labute approximate surface area is 186 Å². The van der Waals surface area contributed by atoms with Crippen LogP contribution in [-0.4, -0.2) is 35.4 Å². The molecule has 0 bridgehead atoms. The van der Waals surface area contributed by atoms with Crippen molar-refractivity contribution in [3.63, 3.8) is 0 Å². The number of rotatable bonds is 6. The third kappa shape index (κ3) is 4.70. The molecule has 156 valence electrons. The van der Waals surface area contributed by atoms with E-state index in [1.165, 1.54) is 11.8 Å². The summed E-state index contributed by atoms with van der Waals surface area (Å²) in [6.07, 6.45) is 0. The van der Waals surface area contributed by atoms with Crippen molar-refractivity contribution in [2.45, 2.75) is 17.2 Å². The number of hydrogen-bond donors (Lipinski definition) is 1. The molecule has 0 radical (unpaired) electrons. The maximum Gasteiger partial charge on any atom is 0.237 e. The van der Waals surface area contributed by atoms with Crippen LogP contribution in [0, 0.1) is 0 Å². The molecule has 0 fully saturated rings. The quantitative estimate of drug-likeness (QED) is 0.412. The zero-order valence-electron chi connectivity index (χ0n) is 17.7. The van der Waals surface area contributed by atoms with Crippen LogP contribution in [0.3, 0.4) is 0 Å². The number of benzene rings is 3. The van der Waals surface area contributed by atoms with Crippen molar-refractivity contribution in [2.24, 2.45) is 0 Å². The standard InChI is InChI=1S/C25H24N4OS/c1-17(24(30)26-19-13-15-20(16-14-19)29(2)3)31-25-22-12-8-7-11-21(22)23(27-28-25)18-9-5-4-6-10-18/h4-17H,1-3H3,(H,26,30)/t17-/m0/s1. The first-order valence-electron chi connectivity index (χ1n) is 10.1. The van der Waals surface area contributed by atoms with Crippen LogP contribution < -0.4 is 10.2 Å². The molecule has 3 aromatic carbocycles. The number of fused-ring (bicyclic) bond motifs is 1. The lowest BCUT2D eigenvalue weighted by molar-refractivity contribution is -0.115. The van der Waals surface area contributed by atoms with Crippen LogP contribution in [0.1, 0.15) is 6.92 Å². The number of carbonyl (C=O) groups excluding carboxylic acids is 1. The topological polar surface area (TPSA) is 58.1 Å². The lowest BCUT2D eigenvalue weighted by Crippen LogP contribution is -2.22. The average Bonchev–Trinajstić information content (AvgIpc) is 2.80. The van der Waals surface area contributed by atoms with Gasteiger partial charge in [-0.05, 0) is 31.2 Å². The number of nitrogens with zero attached hydrogens (tertiary/aromatic N) is 3. The van der Waals surface area contributed by atoms with Crippen LogP contribution in [0.5, 0.6) is 0 Å². The average molecular weight is 429 g/mol. The van der Waals surface area contributed by atoms with Crippen molar-refractivity contribution in [3.8, 4) is 11.3 Å². The smallest absolute Gasteiger partial charge is 0.237 e. The Kier molecular flexibility index (Phi) is 6.18. The molecule has 6 heteroatoms. The second-order valence-electron chi connectivity index (χ2n) is 7.46. The van der Waals surface area contributed by atoms with E-state index in [2.05, 4.69) is 15.5 Å². The van der Waals surface area contributed by atoms with Gasteiger partial charge in [0.05, 0.1) is 5.25 Å². The van der Waals surface area contributed by atoms with E-state index in [-0.39, 0.29) is 11.2 Å². The molecule has 4 aromatic rings. The molecular weight excluding hydrogens is 404 g/mol. The lowest BCUT2D eigenvalue weighted by atomic mass is 10.1. The first kappa shape index (κ1) is 20.9. The van der Waals surface area contributed by atoms with E-state index in [1.54, 1.807) is 0 Å². The van der Waals surface area contributed by atoms with Gasteiger partial charge < -0.3 is 10.2 Å². The fourth-order valence-corrected chi connectivity index (χ4v) is 4.18. The third-order valence-corrected chi connectivity index (χ3v) is 6.10. The summed E-state index contributed by atoms with van der Waals surface area (Å²) in [5.41, 5.74) is 3.73. The number of hydrogen-bond acceptors (Lipinski definition) is 5. The molecular formula is C25H24N4OS. The number of nitrogens with one attached hydrogen (secondary N) is 1.